The Morgan fingerprint density at radius 1 is 1.11 bits per heavy atom. The van der Waals surface area contributed by atoms with E-state index in [0.717, 1.165) is 24.1 Å². The standard InChI is InChI=1S/C22H26N2O3S/c1-4-5-12-26-19-10-6-8-17(13-19)21(25)24-22(28)23-18-9-7-11-20(14-18)27-15-16(2)3/h6-11,13-14H,2,4-5,12,15H2,1,3H3,(H2,23,24,25,28). The van der Waals surface area contributed by atoms with Crippen LogP contribution in [0, 0.1) is 0 Å². The Hall–Kier alpha value is -2.86. The molecule has 0 radical (unpaired) electrons. The molecule has 2 rings (SSSR count). The lowest BCUT2D eigenvalue weighted by Gasteiger charge is -2.12. The molecule has 1 amide bonds. The molecule has 0 heterocycles. The van der Waals surface area contributed by atoms with Crippen molar-refractivity contribution in [1.29, 1.82) is 0 Å². The van der Waals surface area contributed by atoms with Gasteiger partial charge in [-0.05, 0) is 61.5 Å². The van der Waals surface area contributed by atoms with E-state index in [1.807, 2.05) is 37.3 Å². The van der Waals surface area contributed by atoms with Crippen molar-refractivity contribution in [3.63, 3.8) is 0 Å². The summed E-state index contributed by atoms with van der Waals surface area (Å²) in [5.41, 5.74) is 2.14. The van der Waals surface area contributed by atoms with Crippen molar-refractivity contribution in [2.45, 2.75) is 26.7 Å². The van der Waals surface area contributed by atoms with Gasteiger partial charge in [0.15, 0.2) is 5.11 Å². The second-order valence-electron chi connectivity index (χ2n) is 6.41. The van der Waals surface area contributed by atoms with E-state index >= 15 is 0 Å². The van der Waals surface area contributed by atoms with Crippen LogP contribution in [0.3, 0.4) is 0 Å². The summed E-state index contributed by atoms with van der Waals surface area (Å²) in [6.45, 7) is 8.89. The van der Waals surface area contributed by atoms with Crippen LogP contribution < -0.4 is 20.1 Å². The van der Waals surface area contributed by atoms with Gasteiger partial charge in [-0.25, -0.2) is 0 Å². The summed E-state index contributed by atoms with van der Waals surface area (Å²) in [5, 5.41) is 5.88. The lowest BCUT2D eigenvalue weighted by atomic mass is 10.2. The van der Waals surface area contributed by atoms with Gasteiger partial charge >= 0.3 is 0 Å². The van der Waals surface area contributed by atoms with Gasteiger partial charge in [0, 0.05) is 17.3 Å². The van der Waals surface area contributed by atoms with Crippen molar-refractivity contribution in [1.82, 2.24) is 5.32 Å². The number of hydrogen-bond acceptors (Lipinski definition) is 4. The highest BCUT2D eigenvalue weighted by Crippen LogP contribution is 2.18. The highest BCUT2D eigenvalue weighted by molar-refractivity contribution is 7.80. The lowest BCUT2D eigenvalue weighted by molar-refractivity contribution is 0.0977. The average molecular weight is 399 g/mol. The summed E-state index contributed by atoms with van der Waals surface area (Å²) in [4.78, 5) is 12.4. The van der Waals surface area contributed by atoms with Gasteiger partial charge in [0.25, 0.3) is 5.91 Å². The Morgan fingerprint density at radius 2 is 1.82 bits per heavy atom. The molecule has 0 atom stereocenters. The molecule has 6 heteroatoms. The molecule has 0 spiro atoms. The number of carbonyl (C=O) groups is 1. The van der Waals surface area contributed by atoms with Crippen LogP contribution in [0.25, 0.3) is 0 Å². The Kier molecular flexibility index (Phi) is 8.49. The monoisotopic (exact) mass is 398 g/mol. The van der Waals surface area contributed by atoms with E-state index in [4.69, 9.17) is 21.7 Å². The van der Waals surface area contributed by atoms with E-state index in [0.29, 0.717) is 30.3 Å². The number of amides is 1. The number of thiocarbonyl (C=S) groups is 1. The zero-order valence-electron chi connectivity index (χ0n) is 16.3. The molecule has 0 bridgehead atoms. The van der Waals surface area contributed by atoms with Gasteiger partial charge in [0.2, 0.25) is 0 Å². The number of benzene rings is 2. The smallest absolute Gasteiger partial charge is 0.257 e. The molecule has 28 heavy (non-hydrogen) atoms. The maximum absolute atomic E-state index is 12.4. The van der Waals surface area contributed by atoms with Gasteiger partial charge in [0.1, 0.15) is 18.1 Å². The Balaban J connectivity index is 1.92. The van der Waals surface area contributed by atoms with Crippen LogP contribution in [-0.2, 0) is 0 Å². The normalized spacial score (nSPS) is 10.1. The molecule has 0 aliphatic rings. The largest absolute Gasteiger partial charge is 0.494 e. The number of hydrogen-bond donors (Lipinski definition) is 2. The third-order valence-corrected chi connectivity index (χ3v) is 3.87. The fourth-order valence-electron chi connectivity index (χ4n) is 2.27. The van der Waals surface area contributed by atoms with Gasteiger partial charge in [-0.15, -0.1) is 0 Å². The molecule has 2 aromatic carbocycles. The number of unbranched alkanes of at least 4 members (excludes halogenated alkanes) is 1. The number of rotatable bonds is 9. The van der Waals surface area contributed by atoms with Crippen molar-refractivity contribution in [2.75, 3.05) is 18.5 Å². The average Bonchev–Trinajstić information content (AvgIpc) is 2.67. The van der Waals surface area contributed by atoms with Crippen molar-refractivity contribution in [2.24, 2.45) is 0 Å². The molecular weight excluding hydrogens is 372 g/mol. The van der Waals surface area contributed by atoms with Crippen molar-refractivity contribution >= 4 is 28.9 Å². The van der Waals surface area contributed by atoms with E-state index < -0.39 is 0 Å². The molecule has 0 aliphatic heterocycles. The van der Waals surface area contributed by atoms with E-state index in [9.17, 15) is 4.79 Å². The van der Waals surface area contributed by atoms with E-state index in [2.05, 4.69) is 24.1 Å². The number of anilines is 1. The zero-order valence-corrected chi connectivity index (χ0v) is 17.1. The summed E-state index contributed by atoms with van der Waals surface area (Å²) < 4.78 is 11.3. The zero-order chi connectivity index (χ0) is 20.4. The minimum Gasteiger partial charge on any atom is -0.494 e. The highest BCUT2D eigenvalue weighted by Gasteiger charge is 2.09. The highest BCUT2D eigenvalue weighted by atomic mass is 32.1. The maximum atomic E-state index is 12.4. The Labute approximate surface area is 171 Å². The molecule has 5 nitrogen and oxygen atoms in total. The number of nitrogens with one attached hydrogen (secondary N) is 2. The van der Waals surface area contributed by atoms with E-state index in [-0.39, 0.29) is 11.0 Å². The first-order chi connectivity index (χ1) is 13.5. The van der Waals surface area contributed by atoms with Crippen LogP contribution in [0.5, 0.6) is 11.5 Å². The number of ether oxygens (including phenoxy) is 2. The molecule has 0 fully saturated rings. The summed E-state index contributed by atoms with van der Waals surface area (Å²) >= 11 is 5.25. The fraction of sp³-hybridized carbons (Fsp3) is 0.273. The lowest BCUT2D eigenvalue weighted by Crippen LogP contribution is -2.34. The van der Waals surface area contributed by atoms with Crippen molar-refractivity contribution in [3.8, 4) is 11.5 Å². The molecular formula is C22H26N2O3S. The third-order valence-electron chi connectivity index (χ3n) is 3.67. The predicted molar refractivity (Wildman–Crippen MR) is 117 cm³/mol. The second kappa shape index (κ2) is 11.1. The van der Waals surface area contributed by atoms with Gasteiger partial charge in [0.05, 0.1) is 6.61 Å². The summed E-state index contributed by atoms with van der Waals surface area (Å²) in [7, 11) is 0. The molecule has 0 saturated carbocycles. The van der Waals surface area contributed by atoms with Crippen LogP contribution in [0.1, 0.15) is 37.0 Å². The Bertz CT molecular complexity index is 836. The van der Waals surface area contributed by atoms with Crippen LogP contribution >= 0.6 is 12.2 Å². The van der Waals surface area contributed by atoms with Gasteiger partial charge < -0.3 is 14.8 Å². The third kappa shape index (κ3) is 7.40. The van der Waals surface area contributed by atoms with Gasteiger partial charge in [-0.1, -0.05) is 32.1 Å². The minimum absolute atomic E-state index is 0.208. The first-order valence-electron chi connectivity index (χ1n) is 9.20. The van der Waals surface area contributed by atoms with Crippen LogP contribution in [0.4, 0.5) is 5.69 Å². The maximum Gasteiger partial charge on any atom is 0.257 e. The quantitative estimate of drug-likeness (QED) is 0.356. The molecule has 2 N–H and O–H groups in total. The fourth-order valence-corrected chi connectivity index (χ4v) is 2.48. The second-order valence-corrected chi connectivity index (χ2v) is 6.82. The molecule has 0 unspecified atom stereocenters. The first kappa shape index (κ1) is 21.4. The van der Waals surface area contributed by atoms with E-state index in [1.165, 1.54) is 0 Å². The summed E-state index contributed by atoms with van der Waals surface area (Å²) in [6, 6.07) is 14.4. The molecule has 0 aliphatic carbocycles. The topological polar surface area (TPSA) is 59.6 Å². The van der Waals surface area contributed by atoms with Crippen molar-refractivity contribution in [3.05, 3.63) is 66.2 Å². The summed E-state index contributed by atoms with van der Waals surface area (Å²) in [6.07, 6.45) is 2.03. The number of carbonyl (C=O) groups excluding carboxylic acids is 1. The van der Waals surface area contributed by atoms with Gasteiger partial charge in [-0.2, -0.15) is 0 Å². The van der Waals surface area contributed by atoms with E-state index in [1.54, 1.807) is 18.2 Å². The minimum atomic E-state index is -0.298. The molecule has 148 valence electrons. The summed E-state index contributed by atoms with van der Waals surface area (Å²) in [5.74, 6) is 1.06. The Morgan fingerprint density at radius 3 is 2.54 bits per heavy atom. The van der Waals surface area contributed by atoms with Crippen molar-refractivity contribution < 1.29 is 14.3 Å². The van der Waals surface area contributed by atoms with Gasteiger partial charge in [-0.3, -0.25) is 10.1 Å². The van der Waals surface area contributed by atoms with Crippen LogP contribution in [0.15, 0.2) is 60.7 Å². The first-order valence-corrected chi connectivity index (χ1v) is 9.61. The van der Waals surface area contributed by atoms with Crippen LogP contribution in [-0.4, -0.2) is 24.2 Å². The predicted octanol–water partition coefficient (Wildman–Crippen LogP) is 4.95. The molecule has 0 saturated heterocycles. The molecule has 0 aromatic heterocycles. The molecule has 2 aromatic rings. The SMILES string of the molecule is C=C(C)COc1cccc(NC(=S)NC(=O)c2cccc(OCCCC)c2)c1. The van der Waals surface area contributed by atoms with Crippen LogP contribution in [0.2, 0.25) is 0 Å².